The Bertz CT molecular complexity index is 667. The number of thioether (sulfide) groups is 1. The van der Waals surface area contributed by atoms with Crippen LogP contribution in [-0.2, 0) is 14.2 Å². The van der Waals surface area contributed by atoms with Crippen molar-refractivity contribution in [3.63, 3.8) is 0 Å². The lowest BCUT2D eigenvalue weighted by Gasteiger charge is -2.11. The monoisotopic (exact) mass is 354 g/mol. The van der Waals surface area contributed by atoms with Crippen LogP contribution in [0.25, 0.3) is 0 Å². The van der Waals surface area contributed by atoms with E-state index in [1.165, 1.54) is 17.8 Å². The number of Topliss-reactive ketones (excluding diaryl/α,β-unsaturated/α-hetero) is 1. The molecule has 0 atom stereocenters. The number of ketones is 2. The maximum Gasteiger partial charge on any atom is 0.357 e. The molecule has 1 aromatic heterocycles. The molecule has 1 aliphatic carbocycles. The first-order valence-electron chi connectivity index (χ1n) is 7.35. The molecule has 0 aromatic carbocycles. The van der Waals surface area contributed by atoms with Crippen molar-refractivity contribution in [2.75, 3.05) is 39.3 Å². The van der Waals surface area contributed by atoms with E-state index >= 15 is 0 Å². The fourth-order valence-electron chi connectivity index (χ4n) is 2.03. The number of carbonyl (C=O) groups excluding carboxylic acids is 3. The molecule has 130 valence electrons. The van der Waals surface area contributed by atoms with Crippen LogP contribution in [-0.4, -0.2) is 67.0 Å². The highest BCUT2D eigenvalue weighted by molar-refractivity contribution is 8.04. The Hall–Kier alpha value is -1.97. The van der Waals surface area contributed by atoms with Crippen molar-refractivity contribution < 1.29 is 28.6 Å². The minimum absolute atomic E-state index is 0.0243. The summed E-state index contributed by atoms with van der Waals surface area (Å²) in [6.45, 7) is 3.17. The number of esters is 1. The van der Waals surface area contributed by atoms with Crippen molar-refractivity contribution in [1.29, 1.82) is 0 Å². The number of rotatable bonds is 9. The SMILES string of the molecule is CCOC(=O)c1[nH]nc2c1C(=O)C(SCCOCCOC)=CC2=O. The summed E-state index contributed by atoms with van der Waals surface area (Å²) in [4.78, 5) is 36.8. The average Bonchev–Trinajstić information content (AvgIpc) is 3.01. The smallest absolute Gasteiger partial charge is 0.357 e. The molecule has 0 saturated carbocycles. The van der Waals surface area contributed by atoms with Crippen LogP contribution in [0, 0.1) is 0 Å². The number of methoxy groups -OCH3 is 1. The molecule has 0 aliphatic heterocycles. The standard InChI is InChI=1S/C15H18N2O6S/c1-3-23-15(20)13-11-12(16-17-13)9(18)8-10(14(11)19)24-7-6-22-5-4-21-2/h8H,3-7H2,1-2H3,(H,16,17). The first-order valence-corrected chi connectivity index (χ1v) is 8.34. The number of allylic oxidation sites excluding steroid dienone is 2. The van der Waals surface area contributed by atoms with E-state index < -0.39 is 17.5 Å². The number of hydrogen-bond acceptors (Lipinski definition) is 8. The van der Waals surface area contributed by atoms with E-state index in [2.05, 4.69) is 10.2 Å². The molecule has 0 saturated heterocycles. The maximum atomic E-state index is 12.5. The summed E-state index contributed by atoms with van der Waals surface area (Å²) >= 11 is 1.20. The van der Waals surface area contributed by atoms with Gasteiger partial charge in [-0.3, -0.25) is 14.7 Å². The molecule has 0 bridgehead atoms. The molecule has 1 N–H and O–H groups in total. The van der Waals surface area contributed by atoms with Gasteiger partial charge in [-0.25, -0.2) is 4.79 Å². The van der Waals surface area contributed by atoms with E-state index in [-0.39, 0.29) is 28.5 Å². The molecule has 0 spiro atoms. The van der Waals surface area contributed by atoms with Gasteiger partial charge in [-0.1, -0.05) is 0 Å². The van der Waals surface area contributed by atoms with E-state index in [9.17, 15) is 14.4 Å². The van der Waals surface area contributed by atoms with Gasteiger partial charge >= 0.3 is 5.97 Å². The zero-order valence-electron chi connectivity index (χ0n) is 13.4. The summed E-state index contributed by atoms with van der Waals surface area (Å²) in [7, 11) is 1.58. The van der Waals surface area contributed by atoms with Crippen molar-refractivity contribution >= 4 is 29.3 Å². The molecule has 9 heteroatoms. The lowest BCUT2D eigenvalue weighted by Crippen LogP contribution is -2.19. The van der Waals surface area contributed by atoms with Gasteiger partial charge in [0.15, 0.2) is 5.69 Å². The third kappa shape index (κ3) is 4.11. The molecule has 1 aliphatic rings. The van der Waals surface area contributed by atoms with Crippen LogP contribution >= 0.6 is 11.8 Å². The lowest BCUT2D eigenvalue weighted by atomic mass is 9.99. The minimum Gasteiger partial charge on any atom is -0.461 e. The lowest BCUT2D eigenvalue weighted by molar-refractivity contribution is 0.0516. The normalized spacial score (nSPS) is 13.7. The zero-order chi connectivity index (χ0) is 17.5. The number of fused-ring (bicyclic) bond motifs is 1. The number of carbonyl (C=O) groups is 3. The van der Waals surface area contributed by atoms with Crippen LogP contribution in [0.5, 0.6) is 0 Å². The van der Waals surface area contributed by atoms with Crippen LogP contribution in [0.2, 0.25) is 0 Å². The molecule has 8 nitrogen and oxygen atoms in total. The van der Waals surface area contributed by atoms with Crippen molar-refractivity contribution in [3.8, 4) is 0 Å². The molecule has 0 fully saturated rings. The van der Waals surface area contributed by atoms with Gasteiger partial charge < -0.3 is 14.2 Å². The van der Waals surface area contributed by atoms with Crippen molar-refractivity contribution in [3.05, 3.63) is 27.9 Å². The van der Waals surface area contributed by atoms with Crippen LogP contribution < -0.4 is 0 Å². The summed E-state index contributed by atoms with van der Waals surface area (Å²) in [5.74, 6) is -1.04. The van der Waals surface area contributed by atoms with Gasteiger partial charge in [-0.15, -0.1) is 11.8 Å². The molecular formula is C15H18N2O6S. The van der Waals surface area contributed by atoms with E-state index in [0.29, 0.717) is 25.6 Å². The van der Waals surface area contributed by atoms with Gasteiger partial charge in [-0.2, -0.15) is 5.10 Å². The van der Waals surface area contributed by atoms with Crippen molar-refractivity contribution in [2.24, 2.45) is 0 Å². The third-order valence-electron chi connectivity index (χ3n) is 3.11. The first-order chi connectivity index (χ1) is 11.6. The largest absolute Gasteiger partial charge is 0.461 e. The van der Waals surface area contributed by atoms with Gasteiger partial charge in [-0.05, 0) is 6.92 Å². The van der Waals surface area contributed by atoms with E-state index in [1.807, 2.05) is 0 Å². The van der Waals surface area contributed by atoms with E-state index in [1.54, 1.807) is 14.0 Å². The number of H-pyrrole nitrogens is 1. The zero-order valence-corrected chi connectivity index (χ0v) is 14.2. The van der Waals surface area contributed by atoms with Crippen LogP contribution in [0.3, 0.4) is 0 Å². The molecule has 24 heavy (non-hydrogen) atoms. The summed E-state index contributed by atoms with van der Waals surface area (Å²) in [6, 6.07) is 0. The Balaban J connectivity index is 2.05. The fraction of sp³-hybridized carbons (Fsp3) is 0.467. The Kier molecular flexibility index (Phi) is 6.71. The summed E-state index contributed by atoms with van der Waals surface area (Å²) in [6.07, 6.45) is 1.24. The number of nitrogens with zero attached hydrogens (tertiary/aromatic N) is 1. The van der Waals surface area contributed by atoms with Gasteiger partial charge in [0.05, 0.1) is 36.9 Å². The predicted octanol–water partition coefficient (Wildman–Crippen LogP) is 1.25. The van der Waals surface area contributed by atoms with Gasteiger partial charge in [0, 0.05) is 18.9 Å². The topological polar surface area (TPSA) is 108 Å². The highest BCUT2D eigenvalue weighted by Crippen LogP contribution is 2.29. The summed E-state index contributed by atoms with van der Waals surface area (Å²) in [5.41, 5.74) is -0.166. The van der Waals surface area contributed by atoms with Crippen LogP contribution in [0.1, 0.15) is 38.3 Å². The molecule has 0 radical (unpaired) electrons. The Morgan fingerprint density at radius 1 is 1.29 bits per heavy atom. The maximum absolute atomic E-state index is 12.5. The fourth-order valence-corrected chi connectivity index (χ4v) is 2.88. The minimum atomic E-state index is -0.707. The Morgan fingerprint density at radius 2 is 2.08 bits per heavy atom. The number of nitrogens with one attached hydrogen (secondary N) is 1. The number of ether oxygens (including phenoxy) is 3. The average molecular weight is 354 g/mol. The highest BCUT2D eigenvalue weighted by Gasteiger charge is 2.34. The Morgan fingerprint density at radius 3 is 2.79 bits per heavy atom. The Labute approximate surface area is 142 Å². The molecule has 1 heterocycles. The van der Waals surface area contributed by atoms with Gasteiger partial charge in [0.1, 0.15) is 5.69 Å². The molecule has 0 unspecified atom stereocenters. The van der Waals surface area contributed by atoms with Crippen molar-refractivity contribution in [2.45, 2.75) is 6.92 Å². The van der Waals surface area contributed by atoms with Gasteiger partial charge in [0.25, 0.3) is 0 Å². The molecule has 0 amide bonds. The molecule has 2 rings (SSSR count). The second-order valence-electron chi connectivity index (χ2n) is 4.70. The van der Waals surface area contributed by atoms with E-state index in [4.69, 9.17) is 14.2 Å². The second-order valence-corrected chi connectivity index (χ2v) is 5.84. The molecular weight excluding hydrogens is 336 g/mol. The number of aromatic nitrogens is 2. The summed E-state index contributed by atoms with van der Waals surface area (Å²) in [5, 5.41) is 6.19. The highest BCUT2D eigenvalue weighted by atomic mass is 32.2. The second kappa shape index (κ2) is 8.76. The number of aromatic amines is 1. The quantitative estimate of drug-likeness (QED) is 0.521. The summed E-state index contributed by atoms with van der Waals surface area (Å²) < 4.78 is 15.0. The third-order valence-corrected chi connectivity index (χ3v) is 4.09. The molecule has 1 aromatic rings. The first kappa shape index (κ1) is 18.4. The van der Waals surface area contributed by atoms with Crippen LogP contribution in [0.4, 0.5) is 0 Å². The van der Waals surface area contributed by atoms with Crippen molar-refractivity contribution in [1.82, 2.24) is 10.2 Å². The predicted molar refractivity (Wildman–Crippen MR) is 86.4 cm³/mol. The van der Waals surface area contributed by atoms with Gasteiger partial charge in [0.2, 0.25) is 11.6 Å². The van der Waals surface area contributed by atoms with Crippen LogP contribution in [0.15, 0.2) is 11.0 Å². The number of hydrogen-bond donors (Lipinski definition) is 1. The van der Waals surface area contributed by atoms with E-state index in [0.717, 1.165) is 0 Å².